The Balaban J connectivity index is 2.73. The van der Waals surface area contributed by atoms with Gasteiger partial charge in [-0.3, -0.25) is 0 Å². The lowest BCUT2D eigenvalue weighted by Crippen LogP contribution is -2.47. The molecule has 0 saturated carbocycles. The molecule has 1 aliphatic rings. The maximum atomic E-state index is 5.59. The highest BCUT2D eigenvalue weighted by Gasteiger charge is 2.17. The van der Waals surface area contributed by atoms with Crippen LogP contribution in [0.2, 0.25) is 0 Å². The topological polar surface area (TPSA) is 52.0 Å². The fourth-order valence-electron chi connectivity index (χ4n) is 0.742. The first kappa shape index (κ1) is 6.99. The molecule has 0 unspecified atom stereocenters. The predicted octanol–water partition coefficient (Wildman–Crippen LogP) is 0.839. The first-order chi connectivity index (χ1) is 4.10. The first-order valence-electron chi connectivity index (χ1n) is 2.72. The Labute approximate surface area is 62.7 Å². The summed E-state index contributed by atoms with van der Waals surface area (Å²) in [5.41, 5.74) is 10.5. The molecule has 0 saturated heterocycles. The molecule has 0 aromatic carbocycles. The van der Waals surface area contributed by atoms with Gasteiger partial charge in [0.15, 0.2) is 0 Å². The molecule has 0 atom stereocenters. The number of hydrogen-bond acceptors (Lipinski definition) is 2. The van der Waals surface area contributed by atoms with Gasteiger partial charge in [0.05, 0.1) is 5.66 Å². The summed E-state index contributed by atoms with van der Waals surface area (Å²) in [5, 5.41) is 0. The van der Waals surface area contributed by atoms with Crippen molar-refractivity contribution in [3.63, 3.8) is 0 Å². The van der Waals surface area contributed by atoms with Crippen LogP contribution in [-0.2, 0) is 0 Å². The van der Waals surface area contributed by atoms with Crippen molar-refractivity contribution in [3.05, 3.63) is 22.7 Å². The molecule has 1 aliphatic carbocycles. The van der Waals surface area contributed by atoms with Gasteiger partial charge in [-0.05, 0) is 4.48 Å². The number of allylic oxidation sites excluding steroid dienone is 2. The Morgan fingerprint density at radius 3 is 2.56 bits per heavy atom. The van der Waals surface area contributed by atoms with Crippen LogP contribution in [0.4, 0.5) is 0 Å². The average Bonchev–Trinajstić information content (AvgIpc) is 1.60. The maximum absolute atomic E-state index is 5.59. The second-order valence-corrected chi connectivity index (χ2v) is 3.28. The zero-order valence-electron chi connectivity index (χ0n) is 4.97. The Kier molecular flexibility index (Phi) is 1.75. The van der Waals surface area contributed by atoms with E-state index in [0.717, 1.165) is 4.48 Å². The Morgan fingerprint density at radius 2 is 2.22 bits per heavy atom. The zero-order valence-corrected chi connectivity index (χ0v) is 6.56. The average molecular weight is 189 g/mol. The summed E-state index contributed by atoms with van der Waals surface area (Å²) in [6.07, 6.45) is 6.27. The van der Waals surface area contributed by atoms with E-state index in [1.165, 1.54) is 0 Å². The van der Waals surface area contributed by atoms with Crippen LogP contribution in [0.1, 0.15) is 6.42 Å². The number of hydrogen-bond donors (Lipinski definition) is 2. The van der Waals surface area contributed by atoms with E-state index in [-0.39, 0.29) is 0 Å². The van der Waals surface area contributed by atoms with E-state index in [4.69, 9.17) is 11.5 Å². The molecule has 9 heavy (non-hydrogen) atoms. The molecule has 0 aliphatic heterocycles. The second kappa shape index (κ2) is 2.25. The van der Waals surface area contributed by atoms with Crippen molar-refractivity contribution in [1.82, 2.24) is 0 Å². The molecular weight excluding hydrogens is 180 g/mol. The van der Waals surface area contributed by atoms with Gasteiger partial charge in [-0.25, -0.2) is 0 Å². The van der Waals surface area contributed by atoms with E-state index in [1.54, 1.807) is 6.08 Å². The minimum absolute atomic E-state index is 0.645. The molecule has 0 amide bonds. The fraction of sp³-hybridized carbons (Fsp3) is 0.333. The normalized spacial score (nSPS) is 23.7. The lowest BCUT2D eigenvalue weighted by atomic mass is 10.0. The summed E-state index contributed by atoms with van der Waals surface area (Å²) in [5.74, 6) is 0. The predicted molar refractivity (Wildman–Crippen MR) is 41.9 cm³/mol. The van der Waals surface area contributed by atoms with Gasteiger partial charge in [0.1, 0.15) is 0 Å². The Bertz CT molecular complexity index is 170. The molecule has 2 nitrogen and oxygen atoms in total. The van der Waals surface area contributed by atoms with Gasteiger partial charge in [-0.2, -0.15) is 0 Å². The lowest BCUT2D eigenvalue weighted by Gasteiger charge is -2.21. The number of nitrogens with two attached hydrogens (primary N) is 2. The second-order valence-electron chi connectivity index (χ2n) is 2.26. The van der Waals surface area contributed by atoms with Crippen LogP contribution >= 0.6 is 15.9 Å². The standard InChI is InChI=1S/C6H9BrN2/c7-5-2-1-3-6(8,9)4-5/h1-3H,4,8-9H2. The van der Waals surface area contributed by atoms with Gasteiger partial charge < -0.3 is 11.5 Å². The summed E-state index contributed by atoms with van der Waals surface area (Å²) < 4.78 is 1.05. The molecule has 0 heterocycles. The number of rotatable bonds is 0. The van der Waals surface area contributed by atoms with E-state index in [9.17, 15) is 0 Å². The van der Waals surface area contributed by atoms with Crippen molar-refractivity contribution in [1.29, 1.82) is 0 Å². The summed E-state index contributed by atoms with van der Waals surface area (Å²) in [7, 11) is 0. The number of halogens is 1. The van der Waals surface area contributed by atoms with E-state index < -0.39 is 5.66 Å². The maximum Gasteiger partial charge on any atom is 0.0877 e. The van der Waals surface area contributed by atoms with Gasteiger partial charge in [0, 0.05) is 6.42 Å². The molecular formula is C6H9BrN2. The van der Waals surface area contributed by atoms with Crippen LogP contribution in [0.25, 0.3) is 0 Å². The molecule has 3 heteroatoms. The van der Waals surface area contributed by atoms with E-state index >= 15 is 0 Å². The first-order valence-corrected chi connectivity index (χ1v) is 3.51. The molecule has 1 rings (SSSR count). The van der Waals surface area contributed by atoms with Gasteiger partial charge in [0.25, 0.3) is 0 Å². The van der Waals surface area contributed by atoms with Crippen molar-refractivity contribution in [2.45, 2.75) is 12.1 Å². The monoisotopic (exact) mass is 188 g/mol. The smallest absolute Gasteiger partial charge is 0.0877 e. The van der Waals surface area contributed by atoms with Crippen LogP contribution in [-0.4, -0.2) is 5.66 Å². The molecule has 4 N–H and O–H groups in total. The third-order valence-corrected chi connectivity index (χ3v) is 1.70. The van der Waals surface area contributed by atoms with Gasteiger partial charge in [0.2, 0.25) is 0 Å². The van der Waals surface area contributed by atoms with E-state index in [2.05, 4.69) is 15.9 Å². The van der Waals surface area contributed by atoms with Crippen LogP contribution in [0, 0.1) is 0 Å². The fourth-order valence-corrected chi connectivity index (χ4v) is 1.38. The molecule has 0 aromatic heterocycles. The minimum atomic E-state index is -0.645. The summed E-state index contributed by atoms with van der Waals surface area (Å²) in [6.45, 7) is 0. The summed E-state index contributed by atoms with van der Waals surface area (Å²) in [4.78, 5) is 0. The largest absolute Gasteiger partial charge is 0.310 e. The van der Waals surface area contributed by atoms with E-state index in [0.29, 0.717) is 6.42 Å². The highest BCUT2D eigenvalue weighted by molar-refractivity contribution is 9.11. The van der Waals surface area contributed by atoms with Crippen LogP contribution in [0.3, 0.4) is 0 Å². The van der Waals surface area contributed by atoms with Gasteiger partial charge in [-0.1, -0.05) is 34.2 Å². The van der Waals surface area contributed by atoms with Crippen LogP contribution in [0.5, 0.6) is 0 Å². The Hall–Kier alpha value is -0.120. The van der Waals surface area contributed by atoms with Gasteiger partial charge >= 0.3 is 0 Å². The highest BCUT2D eigenvalue weighted by atomic mass is 79.9. The summed E-state index contributed by atoms with van der Waals surface area (Å²) >= 11 is 3.31. The lowest BCUT2D eigenvalue weighted by molar-refractivity contribution is 0.554. The van der Waals surface area contributed by atoms with E-state index in [1.807, 2.05) is 12.2 Å². The zero-order chi connectivity index (χ0) is 6.91. The van der Waals surface area contributed by atoms with Gasteiger partial charge in [-0.15, -0.1) is 0 Å². The molecule has 0 fully saturated rings. The molecule has 50 valence electrons. The van der Waals surface area contributed by atoms with Crippen molar-refractivity contribution < 1.29 is 0 Å². The minimum Gasteiger partial charge on any atom is -0.310 e. The highest BCUT2D eigenvalue weighted by Crippen LogP contribution is 2.20. The molecule has 0 aromatic rings. The molecule has 0 bridgehead atoms. The van der Waals surface area contributed by atoms with Crippen molar-refractivity contribution in [2.24, 2.45) is 11.5 Å². The third-order valence-electron chi connectivity index (χ3n) is 1.16. The van der Waals surface area contributed by atoms with Crippen LogP contribution < -0.4 is 11.5 Å². The quantitative estimate of drug-likeness (QED) is 0.554. The van der Waals surface area contributed by atoms with Crippen molar-refractivity contribution in [3.8, 4) is 0 Å². The molecule has 0 radical (unpaired) electrons. The third kappa shape index (κ3) is 1.93. The summed E-state index contributed by atoms with van der Waals surface area (Å²) in [6, 6.07) is 0. The molecule has 0 spiro atoms. The Morgan fingerprint density at radius 1 is 1.56 bits per heavy atom. The van der Waals surface area contributed by atoms with Crippen molar-refractivity contribution >= 4 is 15.9 Å². The van der Waals surface area contributed by atoms with Crippen LogP contribution in [0.15, 0.2) is 22.7 Å². The van der Waals surface area contributed by atoms with Crippen molar-refractivity contribution in [2.75, 3.05) is 0 Å². The SMILES string of the molecule is NC1(N)C=CC=C(Br)C1.